The van der Waals surface area contributed by atoms with Crippen LogP contribution in [0.2, 0.25) is 5.22 Å². The number of carbonyl (C=O) groups is 1. The number of amides is 1. The number of halogens is 1. The highest BCUT2D eigenvalue weighted by Crippen LogP contribution is 2.25. The van der Waals surface area contributed by atoms with Gasteiger partial charge in [-0.25, -0.2) is 4.98 Å². The maximum absolute atomic E-state index is 12.5. The molecular weight excluding hydrogens is 284 g/mol. The lowest BCUT2D eigenvalue weighted by Gasteiger charge is -2.34. The van der Waals surface area contributed by atoms with Gasteiger partial charge in [0, 0.05) is 13.6 Å². The first-order valence-electron chi connectivity index (χ1n) is 6.15. The van der Waals surface area contributed by atoms with Crippen molar-refractivity contribution in [3.05, 3.63) is 35.3 Å². The van der Waals surface area contributed by atoms with Crippen LogP contribution in [0, 0.1) is 0 Å². The van der Waals surface area contributed by atoms with Gasteiger partial charge >= 0.3 is 0 Å². The molecule has 1 aliphatic rings. The predicted molar refractivity (Wildman–Crippen MR) is 69.3 cm³/mol. The second-order valence-corrected chi connectivity index (χ2v) is 4.81. The maximum atomic E-state index is 12.5. The summed E-state index contributed by atoms with van der Waals surface area (Å²) in [6.45, 7) is 1.33. The average molecular weight is 297 g/mol. The van der Waals surface area contributed by atoms with Crippen LogP contribution >= 0.6 is 11.6 Å². The van der Waals surface area contributed by atoms with E-state index in [2.05, 4.69) is 10.1 Å². The van der Waals surface area contributed by atoms with Crippen LogP contribution in [-0.2, 0) is 11.8 Å². The SMILES string of the molecule is Cn1ncnc1C1COCCN1C(=O)c1ccc(Cl)o1. The van der Waals surface area contributed by atoms with E-state index < -0.39 is 0 Å². The Morgan fingerprint density at radius 2 is 2.35 bits per heavy atom. The second-order valence-electron chi connectivity index (χ2n) is 4.43. The van der Waals surface area contributed by atoms with Gasteiger partial charge in [0.25, 0.3) is 5.91 Å². The fourth-order valence-electron chi connectivity index (χ4n) is 2.24. The molecule has 2 aromatic rings. The summed E-state index contributed by atoms with van der Waals surface area (Å²) < 4.78 is 12.3. The first-order valence-corrected chi connectivity index (χ1v) is 6.52. The monoisotopic (exact) mass is 296 g/mol. The van der Waals surface area contributed by atoms with Crippen molar-refractivity contribution in [3.63, 3.8) is 0 Å². The second kappa shape index (κ2) is 5.26. The molecule has 0 spiro atoms. The molecule has 1 aliphatic heterocycles. The number of hydrogen-bond acceptors (Lipinski definition) is 5. The van der Waals surface area contributed by atoms with Gasteiger partial charge in [0.05, 0.1) is 13.2 Å². The number of nitrogens with zero attached hydrogens (tertiary/aromatic N) is 4. The van der Waals surface area contributed by atoms with Crippen LogP contribution in [-0.4, -0.2) is 45.3 Å². The number of hydrogen-bond donors (Lipinski definition) is 0. The molecule has 7 nitrogen and oxygen atoms in total. The Kier molecular flexibility index (Phi) is 3.45. The van der Waals surface area contributed by atoms with Gasteiger partial charge in [-0.1, -0.05) is 0 Å². The van der Waals surface area contributed by atoms with E-state index >= 15 is 0 Å². The third-order valence-electron chi connectivity index (χ3n) is 3.22. The number of carbonyl (C=O) groups excluding carboxylic acids is 1. The highest BCUT2D eigenvalue weighted by Gasteiger charge is 2.33. The first kappa shape index (κ1) is 13.1. The molecule has 2 aromatic heterocycles. The van der Waals surface area contributed by atoms with Crippen molar-refractivity contribution >= 4 is 17.5 Å². The Balaban J connectivity index is 1.89. The number of ether oxygens (including phenoxy) is 1. The number of aryl methyl sites for hydroxylation is 1. The molecule has 0 aromatic carbocycles. The zero-order valence-electron chi connectivity index (χ0n) is 10.8. The van der Waals surface area contributed by atoms with E-state index in [1.54, 1.807) is 28.8 Å². The minimum atomic E-state index is -0.285. The van der Waals surface area contributed by atoms with Crippen molar-refractivity contribution in [1.29, 1.82) is 0 Å². The topological polar surface area (TPSA) is 73.4 Å². The van der Waals surface area contributed by atoms with Gasteiger partial charge in [-0.3, -0.25) is 9.48 Å². The van der Waals surface area contributed by atoms with Crippen molar-refractivity contribution in [2.75, 3.05) is 19.8 Å². The molecule has 3 heterocycles. The smallest absolute Gasteiger partial charge is 0.290 e. The molecule has 1 fully saturated rings. The third-order valence-corrected chi connectivity index (χ3v) is 3.42. The molecule has 1 unspecified atom stereocenters. The van der Waals surface area contributed by atoms with Crippen molar-refractivity contribution in [3.8, 4) is 0 Å². The van der Waals surface area contributed by atoms with Gasteiger partial charge in [0.1, 0.15) is 12.4 Å². The molecule has 8 heteroatoms. The lowest BCUT2D eigenvalue weighted by atomic mass is 10.2. The molecule has 0 bridgehead atoms. The Hall–Kier alpha value is -1.86. The van der Waals surface area contributed by atoms with Gasteiger partial charge in [-0.2, -0.15) is 5.10 Å². The largest absolute Gasteiger partial charge is 0.440 e. The molecule has 0 aliphatic carbocycles. The van der Waals surface area contributed by atoms with Crippen LogP contribution in [0.1, 0.15) is 22.4 Å². The summed E-state index contributed by atoms with van der Waals surface area (Å²) in [5.74, 6) is 0.660. The van der Waals surface area contributed by atoms with Gasteiger partial charge in [0.15, 0.2) is 16.8 Å². The van der Waals surface area contributed by atoms with Crippen LogP contribution < -0.4 is 0 Å². The highest BCUT2D eigenvalue weighted by molar-refractivity contribution is 6.29. The Bertz CT molecular complexity index is 624. The Morgan fingerprint density at radius 1 is 1.50 bits per heavy atom. The molecule has 1 amide bonds. The molecule has 0 radical (unpaired) electrons. The summed E-state index contributed by atoms with van der Waals surface area (Å²) in [4.78, 5) is 18.4. The van der Waals surface area contributed by atoms with Gasteiger partial charge in [-0.15, -0.1) is 0 Å². The van der Waals surface area contributed by atoms with E-state index in [9.17, 15) is 4.79 Å². The molecule has 1 saturated heterocycles. The van der Waals surface area contributed by atoms with E-state index in [1.165, 1.54) is 6.33 Å². The van der Waals surface area contributed by atoms with Crippen LogP contribution in [0.3, 0.4) is 0 Å². The molecule has 0 saturated carbocycles. The standard InChI is InChI=1S/C12H13ClN4O3/c1-16-11(14-7-15-16)8-6-19-5-4-17(8)12(18)9-2-3-10(13)20-9/h2-3,7-8H,4-6H2,1H3. The van der Waals surface area contributed by atoms with E-state index in [1.807, 2.05) is 0 Å². The minimum Gasteiger partial charge on any atom is -0.440 e. The van der Waals surface area contributed by atoms with Crippen molar-refractivity contribution in [2.45, 2.75) is 6.04 Å². The van der Waals surface area contributed by atoms with Crippen molar-refractivity contribution < 1.29 is 13.9 Å². The van der Waals surface area contributed by atoms with Gasteiger partial charge < -0.3 is 14.1 Å². The fourth-order valence-corrected chi connectivity index (χ4v) is 2.38. The Morgan fingerprint density at radius 3 is 3.00 bits per heavy atom. The van der Waals surface area contributed by atoms with Gasteiger partial charge in [0.2, 0.25) is 0 Å². The first-order chi connectivity index (χ1) is 9.66. The average Bonchev–Trinajstić information content (AvgIpc) is 3.07. The normalized spacial score (nSPS) is 19.3. The lowest BCUT2D eigenvalue weighted by Crippen LogP contribution is -2.44. The molecule has 3 rings (SSSR count). The molecule has 1 atom stereocenters. The minimum absolute atomic E-state index is 0.191. The van der Waals surface area contributed by atoms with Gasteiger partial charge in [-0.05, 0) is 23.7 Å². The number of rotatable bonds is 2. The molecule has 0 N–H and O–H groups in total. The van der Waals surface area contributed by atoms with Crippen LogP contribution in [0.5, 0.6) is 0 Å². The lowest BCUT2D eigenvalue weighted by molar-refractivity contribution is -0.00769. The fraction of sp³-hybridized carbons (Fsp3) is 0.417. The van der Waals surface area contributed by atoms with E-state index in [0.29, 0.717) is 25.6 Å². The number of morpholine rings is 1. The summed E-state index contributed by atoms with van der Waals surface area (Å²) in [7, 11) is 1.78. The molecule has 106 valence electrons. The third kappa shape index (κ3) is 2.30. The van der Waals surface area contributed by atoms with Crippen LogP contribution in [0.25, 0.3) is 0 Å². The number of aromatic nitrogens is 3. The van der Waals surface area contributed by atoms with Crippen LogP contribution in [0.4, 0.5) is 0 Å². The predicted octanol–water partition coefficient (Wildman–Crippen LogP) is 1.28. The quantitative estimate of drug-likeness (QED) is 0.834. The summed E-state index contributed by atoms with van der Waals surface area (Å²) in [5, 5.41) is 4.22. The highest BCUT2D eigenvalue weighted by atomic mass is 35.5. The van der Waals surface area contributed by atoms with Crippen molar-refractivity contribution in [2.24, 2.45) is 7.05 Å². The molecule has 20 heavy (non-hydrogen) atoms. The summed E-state index contributed by atoms with van der Waals surface area (Å²) in [6, 6.07) is 2.83. The van der Waals surface area contributed by atoms with E-state index in [0.717, 1.165) is 0 Å². The summed E-state index contributed by atoms with van der Waals surface area (Å²) in [6.07, 6.45) is 1.45. The molecular formula is C12H13ClN4O3. The zero-order chi connectivity index (χ0) is 14.1. The van der Waals surface area contributed by atoms with E-state index in [-0.39, 0.29) is 22.9 Å². The van der Waals surface area contributed by atoms with Crippen LogP contribution in [0.15, 0.2) is 22.9 Å². The summed E-state index contributed by atoms with van der Waals surface area (Å²) >= 11 is 5.72. The maximum Gasteiger partial charge on any atom is 0.290 e. The zero-order valence-corrected chi connectivity index (χ0v) is 11.6. The Labute approximate surface area is 120 Å². The summed E-state index contributed by atoms with van der Waals surface area (Å²) in [5.41, 5.74) is 0. The number of furan rings is 1. The van der Waals surface area contributed by atoms with E-state index in [4.69, 9.17) is 20.8 Å². The van der Waals surface area contributed by atoms with Crippen molar-refractivity contribution in [1.82, 2.24) is 19.7 Å².